The number of hydrogen-bond donors (Lipinski definition) is 2. The van der Waals surface area contributed by atoms with Crippen molar-refractivity contribution in [3.8, 4) is 11.3 Å². The summed E-state index contributed by atoms with van der Waals surface area (Å²) in [5.74, 6) is 1.27. The summed E-state index contributed by atoms with van der Waals surface area (Å²) in [5, 5.41) is 2.86. The van der Waals surface area contributed by atoms with Crippen LogP contribution in [-0.2, 0) is 27.8 Å². The number of sulfonamides is 1. The molecule has 1 aliphatic carbocycles. The predicted octanol–water partition coefficient (Wildman–Crippen LogP) is 3.42. The fourth-order valence-electron chi connectivity index (χ4n) is 3.13. The van der Waals surface area contributed by atoms with Gasteiger partial charge in [0.1, 0.15) is 0 Å². The minimum Gasteiger partial charge on any atom is -0.441 e. The minimum atomic E-state index is -3.45. The molecule has 2 aromatic carbocycles. The van der Waals surface area contributed by atoms with Crippen LogP contribution in [0.2, 0.25) is 0 Å². The zero-order valence-electron chi connectivity index (χ0n) is 17.1. The molecule has 7 nitrogen and oxygen atoms in total. The van der Waals surface area contributed by atoms with Crippen LogP contribution in [0.5, 0.6) is 0 Å². The van der Waals surface area contributed by atoms with Crippen molar-refractivity contribution in [2.24, 2.45) is 0 Å². The number of benzene rings is 2. The van der Waals surface area contributed by atoms with Crippen LogP contribution in [0.4, 0.5) is 0 Å². The van der Waals surface area contributed by atoms with Gasteiger partial charge < -0.3 is 9.73 Å². The Bertz CT molecular complexity index is 1120. The molecule has 0 atom stereocenters. The average Bonchev–Trinajstić information content (AvgIpc) is 3.45. The molecule has 8 heteroatoms. The van der Waals surface area contributed by atoms with E-state index in [4.69, 9.17) is 4.42 Å². The first-order valence-corrected chi connectivity index (χ1v) is 11.9. The maximum absolute atomic E-state index is 12.2. The molecule has 0 aliphatic heterocycles. The van der Waals surface area contributed by atoms with Crippen molar-refractivity contribution in [1.82, 2.24) is 15.0 Å². The Balaban J connectivity index is 1.20. The Morgan fingerprint density at radius 3 is 2.52 bits per heavy atom. The van der Waals surface area contributed by atoms with Crippen LogP contribution in [0.25, 0.3) is 11.3 Å². The molecule has 0 bridgehead atoms. The number of carbonyl (C=O) groups excluding carboxylic acids is 1. The van der Waals surface area contributed by atoms with Crippen molar-refractivity contribution < 1.29 is 17.6 Å². The van der Waals surface area contributed by atoms with Gasteiger partial charge in [-0.3, -0.25) is 4.79 Å². The lowest BCUT2D eigenvalue weighted by molar-refractivity contribution is -0.121. The monoisotopic (exact) mass is 439 g/mol. The third-order valence-electron chi connectivity index (χ3n) is 5.03. The van der Waals surface area contributed by atoms with E-state index in [0.717, 1.165) is 29.7 Å². The third-order valence-corrected chi connectivity index (χ3v) is 6.57. The maximum Gasteiger partial charge on any atom is 0.240 e. The summed E-state index contributed by atoms with van der Waals surface area (Å²) in [4.78, 5) is 16.6. The molecule has 1 fully saturated rings. The van der Waals surface area contributed by atoms with E-state index in [0.29, 0.717) is 31.7 Å². The van der Waals surface area contributed by atoms with Gasteiger partial charge in [0, 0.05) is 31.0 Å². The summed E-state index contributed by atoms with van der Waals surface area (Å²) in [7, 11) is -3.45. The Hall–Kier alpha value is -2.97. The number of oxazole rings is 1. The average molecular weight is 440 g/mol. The number of amides is 1. The van der Waals surface area contributed by atoms with Crippen molar-refractivity contribution in [2.45, 2.75) is 49.6 Å². The maximum atomic E-state index is 12.2. The topological polar surface area (TPSA) is 101 Å². The number of hydrogen-bond acceptors (Lipinski definition) is 5. The second-order valence-corrected chi connectivity index (χ2v) is 9.37. The zero-order valence-corrected chi connectivity index (χ0v) is 17.9. The number of rotatable bonds is 10. The molecule has 1 amide bonds. The quantitative estimate of drug-likeness (QED) is 0.504. The molecule has 0 unspecified atom stereocenters. The molecule has 1 saturated carbocycles. The van der Waals surface area contributed by atoms with Crippen molar-refractivity contribution in [1.29, 1.82) is 0 Å². The van der Waals surface area contributed by atoms with E-state index in [-0.39, 0.29) is 16.8 Å². The van der Waals surface area contributed by atoms with Gasteiger partial charge in [-0.15, -0.1) is 0 Å². The second kappa shape index (κ2) is 9.45. The van der Waals surface area contributed by atoms with Gasteiger partial charge in [0.15, 0.2) is 11.7 Å². The Labute approximate surface area is 181 Å². The lowest BCUT2D eigenvalue weighted by atomic mass is 10.2. The molecule has 3 aromatic rings. The van der Waals surface area contributed by atoms with Crippen LogP contribution in [0.3, 0.4) is 0 Å². The summed E-state index contributed by atoms with van der Waals surface area (Å²) in [5.41, 5.74) is 1.82. The zero-order chi connectivity index (χ0) is 21.7. The van der Waals surface area contributed by atoms with Crippen LogP contribution in [0.1, 0.15) is 37.1 Å². The van der Waals surface area contributed by atoms with Gasteiger partial charge in [-0.05, 0) is 37.0 Å². The Kier molecular flexibility index (Phi) is 6.48. The molecule has 162 valence electrons. The Morgan fingerprint density at radius 1 is 1.06 bits per heavy atom. The number of nitrogens with one attached hydrogen (secondary N) is 2. The molecule has 0 radical (unpaired) electrons. The second-order valence-electron chi connectivity index (χ2n) is 7.65. The van der Waals surface area contributed by atoms with E-state index in [2.05, 4.69) is 15.0 Å². The first-order chi connectivity index (χ1) is 15.0. The number of nitrogens with zero attached hydrogens (tertiary/aromatic N) is 1. The lowest BCUT2D eigenvalue weighted by Crippen LogP contribution is -2.26. The normalized spacial score (nSPS) is 13.8. The summed E-state index contributed by atoms with van der Waals surface area (Å²) >= 11 is 0. The van der Waals surface area contributed by atoms with E-state index in [1.165, 1.54) is 0 Å². The van der Waals surface area contributed by atoms with E-state index in [1.54, 1.807) is 30.5 Å². The fourth-order valence-corrected chi connectivity index (χ4v) is 4.43. The van der Waals surface area contributed by atoms with Crippen molar-refractivity contribution in [3.63, 3.8) is 0 Å². The highest BCUT2D eigenvalue weighted by Gasteiger charge is 2.27. The summed E-state index contributed by atoms with van der Waals surface area (Å²) < 4.78 is 32.8. The molecule has 1 aliphatic rings. The van der Waals surface area contributed by atoms with Gasteiger partial charge in [0.2, 0.25) is 15.9 Å². The molecule has 0 saturated heterocycles. The molecule has 31 heavy (non-hydrogen) atoms. The summed E-state index contributed by atoms with van der Waals surface area (Å²) in [6.45, 7) is 0.354. The standard InChI is InChI=1S/C23H25N3O4S/c27-22(7-4-8-23-25-16-21(30-23)18-5-2-1-3-6-18)24-15-17-9-13-20(14-10-17)31(28,29)26-19-11-12-19/h1-3,5-6,9-10,13-14,16,19,26H,4,7-8,11-12,15H2,(H,24,27). The van der Waals surface area contributed by atoms with E-state index in [9.17, 15) is 13.2 Å². The van der Waals surface area contributed by atoms with Gasteiger partial charge >= 0.3 is 0 Å². The van der Waals surface area contributed by atoms with Crippen molar-refractivity contribution in [3.05, 3.63) is 72.2 Å². The molecular weight excluding hydrogens is 414 g/mol. The lowest BCUT2D eigenvalue weighted by Gasteiger charge is -2.08. The molecule has 1 aromatic heterocycles. The molecular formula is C23H25N3O4S. The first-order valence-electron chi connectivity index (χ1n) is 10.4. The minimum absolute atomic E-state index is 0.0677. The van der Waals surface area contributed by atoms with Gasteiger partial charge in [-0.25, -0.2) is 18.1 Å². The largest absolute Gasteiger partial charge is 0.441 e. The third kappa shape index (κ3) is 6.02. The highest BCUT2D eigenvalue weighted by molar-refractivity contribution is 7.89. The van der Waals surface area contributed by atoms with Crippen LogP contribution >= 0.6 is 0 Å². The predicted molar refractivity (Wildman–Crippen MR) is 117 cm³/mol. The smallest absolute Gasteiger partial charge is 0.240 e. The molecule has 1 heterocycles. The van der Waals surface area contributed by atoms with Crippen LogP contribution in [0, 0.1) is 0 Å². The molecule has 2 N–H and O–H groups in total. The van der Waals surface area contributed by atoms with Gasteiger partial charge in [0.25, 0.3) is 0 Å². The highest BCUT2D eigenvalue weighted by Crippen LogP contribution is 2.22. The fraction of sp³-hybridized carbons (Fsp3) is 0.304. The number of carbonyl (C=O) groups is 1. The van der Waals surface area contributed by atoms with Crippen molar-refractivity contribution >= 4 is 15.9 Å². The van der Waals surface area contributed by atoms with Crippen molar-refractivity contribution in [2.75, 3.05) is 0 Å². The highest BCUT2D eigenvalue weighted by atomic mass is 32.2. The van der Waals surface area contributed by atoms with Gasteiger partial charge in [0.05, 0.1) is 11.1 Å². The number of aryl methyl sites for hydroxylation is 1. The van der Waals surface area contributed by atoms with Crippen LogP contribution in [-0.4, -0.2) is 25.4 Å². The van der Waals surface area contributed by atoms with E-state index >= 15 is 0 Å². The first kappa shape index (κ1) is 21.3. The number of aromatic nitrogens is 1. The van der Waals surface area contributed by atoms with E-state index < -0.39 is 10.0 Å². The van der Waals surface area contributed by atoms with E-state index in [1.807, 2.05) is 30.3 Å². The Morgan fingerprint density at radius 2 is 1.81 bits per heavy atom. The van der Waals surface area contributed by atoms with Crippen LogP contribution in [0.15, 0.2) is 70.1 Å². The van der Waals surface area contributed by atoms with Crippen LogP contribution < -0.4 is 10.0 Å². The molecule has 4 rings (SSSR count). The SMILES string of the molecule is O=C(CCCc1ncc(-c2ccccc2)o1)NCc1ccc(S(=O)(=O)NC2CC2)cc1. The molecule has 0 spiro atoms. The van der Waals surface area contributed by atoms with Gasteiger partial charge in [-0.1, -0.05) is 42.5 Å². The summed E-state index contributed by atoms with van der Waals surface area (Å²) in [6, 6.07) is 16.4. The summed E-state index contributed by atoms with van der Waals surface area (Å²) in [6.07, 6.45) is 5.07. The van der Waals surface area contributed by atoms with Gasteiger partial charge in [-0.2, -0.15) is 0 Å².